The molecule has 1 aromatic carbocycles. The molecule has 0 unspecified atom stereocenters. The molecular weight excluding hydrogens is 384 g/mol. The van der Waals surface area contributed by atoms with Crippen molar-refractivity contribution < 1.29 is 22.7 Å². The number of hydrogen-bond donors (Lipinski definition) is 2. The van der Waals surface area contributed by atoms with E-state index in [1.54, 1.807) is 6.92 Å². The zero-order valence-electron chi connectivity index (χ0n) is 13.8. The van der Waals surface area contributed by atoms with E-state index in [9.17, 15) is 18.0 Å². The second-order valence-corrected chi connectivity index (χ2v) is 7.21. The molecule has 1 heterocycles. The summed E-state index contributed by atoms with van der Waals surface area (Å²) >= 11 is 5.72. The number of benzene rings is 1. The number of aryl methyl sites for hydroxylation is 1. The van der Waals surface area contributed by atoms with E-state index in [2.05, 4.69) is 24.7 Å². The molecule has 26 heavy (non-hydrogen) atoms. The van der Waals surface area contributed by atoms with Crippen molar-refractivity contribution in [1.82, 2.24) is 14.7 Å². The number of anilines is 1. The topological polar surface area (TPSA) is 127 Å². The number of nitrogens with one attached hydrogen (secondary N) is 2. The molecule has 2 N–H and O–H groups in total. The molecule has 0 aliphatic rings. The molecule has 0 fully saturated rings. The fraction of sp³-hybridized carbons (Fsp3) is 0.200. The van der Waals surface area contributed by atoms with Crippen LogP contribution in [0.4, 0.5) is 5.69 Å². The lowest BCUT2D eigenvalue weighted by Crippen LogP contribution is -2.30. The Hall–Kier alpha value is -2.56. The van der Waals surface area contributed by atoms with Gasteiger partial charge in [0.25, 0.3) is 5.91 Å². The zero-order valence-corrected chi connectivity index (χ0v) is 15.4. The van der Waals surface area contributed by atoms with Gasteiger partial charge in [-0.3, -0.25) is 9.59 Å². The number of sulfonamides is 1. The summed E-state index contributed by atoms with van der Waals surface area (Å²) in [6.07, 6.45) is 1.16. The predicted molar refractivity (Wildman–Crippen MR) is 93.4 cm³/mol. The Kier molecular flexibility index (Phi) is 6.24. The summed E-state index contributed by atoms with van der Waals surface area (Å²) in [6.45, 7) is 1.15. The Bertz CT molecular complexity index is 949. The Morgan fingerprint density at radius 2 is 1.96 bits per heavy atom. The number of hydrogen-bond acceptors (Lipinski definition) is 7. The van der Waals surface area contributed by atoms with Gasteiger partial charge in [-0.15, -0.1) is 0 Å². The summed E-state index contributed by atoms with van der Waals surface area (Å²) in [6, 6.07) is 5.40. The normalized spacial score (nSPS) is 11.0. The van der Waals surface area contributed by atoms with E-state index in [1.807, 2.05) is 0 Å². The van der Waals surface area contributed by atoms with Crippen LogP contribution in [0.2, 0.25) is 5.15 Å². The minimum atomic E-state index is -3.89. The fourth-order valence-corrected chi connectivity index (χ4v) is 3.10. The smallest absolute Gasteiger partial charge is 0.320 e. The van der Waals surface area contributed by atoms with Gasteiger partial charge in [0.2, 0.25) is 10.0 Å². The third-order valence-corrected chi connectivity index (χ3v) is 4.86. The van der Waals surface area contributed by atoms with E-state index < -0.39 is 28.4 Å². The summed E-state index contributed by atoms with van der Waals surface area (Å²) in [5.74, 6) is -1.23. The number of carbonyl (C=O) groups is 2. The molecule has 2 rings (SSSR count). The number of esters is 1. The molecule has 0 spiro atoms. The van der Waals surface area contributed by atoms with Gasteiger partial charge in [0.15, 0.2) is 0 Å². The van der Waals surface area contributed by atoms with Crippen molar-refractivity contribution in [2.75, 3.05) is 19.0 Å². The average molecular weight is 399 g/mol. The first-order valence-corrected chi connectivity index (χ1v) is 9.05. The van der Waals surface area contributed by atoms with Crippen molar-refractivity contribution in [3.8, 4) is 0 Å². The molecule has 0 atom stereocenters. The second kappa shape index (κ2) is 8.21. The van der Waals surface area contributed by atoms with Crippen molar-refractivity contribution in [1.29, 1.82) is 0 Å². The van der Waals surface area contributed by atoms with Crippen LogP contribution in [0.25, 0.3) is 0 Å². The summed E-state index contributed by atoms with van der Waals surface area (Å²) in [5.41, 5.74) is 0.969. The number of rotatable bonds is 6. The van der Waals surface area contributed by atoms with E-state index in [4.69, 9.17) is 11.6 Å². The number of methoxy groups -OCH3 is 1. The minimum absolute atomic E-state index is 0.0537. The van der Waals surface area contributed by atoms with E-state index in [0.29, 0.717) is 11.3 Å². The monoisotopic (exact) mass is 398 g/mol. The maximum atomic E-state index is 12.2. The first kappa shape index (κ1) is 19.8. The summed E-state index contributed by atoms with van der Waals surface area (Å²) in [5, 5.41) is 2.74. The zero-order chi connectivity index (χ0) is 19.3. The molecule has 0 aliphatic heterocycles. The summed E-state index contributed by atoms with van der Waals surface area (Å²) in [7, 11) is -2.74. The molecule has 11 heteroatoms. The average Bonchev–Trinajstić information content (AvgIpc) is 2.61. The number of ether oxygens (including phenoxy) is 1. The lowest BCUT2D eigenvalue weighted by molar-refractivity contribution is -0.139. The highest BCUT2D eigenvalue weighted by molar-refractivity contribution is 7.89. The fourth-order valence-electron chi connectivity index (χ4n) is 1.90. The molecule has 2 aromatic rings. The van der Waals surface area contributed by atoms with E-state index in [-0.39, 0.29) is 15.7 Å². The third-order valence-electron chi connectivity index (χ3n) is 3.26. The number of nitrogens with zero attached hydrogens (tertiary/aromatic N) is 2. The van der Waals surface area contributed by atoms with Crippen molar-refractivity contribution >= 4 is 39.2 Å². The highest BCUT2D eigenvalue weighted by atomic mass is 35.5. The minimum Gasteiger partial charge on any atom is -0.468 e. The lowest BCUT2D eigenvalue weighted by Gasteiger charge is -2.11. The van der Waals surface area contributed by atoms with Crippen molar-refractivity contribution in [2.45, 2.75) is 11.8 Å². The maximum Gasteiger partial charge on any atom is 0.320 e. The molecule has 1 amide bonds. The Balaban J connectivity index is 2.16. The van der Waals surface area contributed by atoms with Gasteiger partial charge in [-0.2, -0.15) is 4.72 Å². The molecule has 0 aliphatic carbocycles. The van der Waals surface area contributed by atoms with Crippen molar-refractivity contribution in [2.24, 2.45) is 0 Å². The Morgan fingerprint density at radius 1 is 1.23 bits per heavy atom. The van der Waals surface area contributed by atoms with Gasteiger partial charge in [0, 0.05) is 11.8 Å². The second-order valence-electron chi connectivity index (χ2n) is 5.06. The SMILES string of the molecule is COC(=O)CNS(=O)(=O)c1ccc(NC(=O)c2cc(Cl)ncn2)c(C)c1. The number of aromatic nitrogens is 2. The summed E-state index contributed by atoms with van der Waals surface area (Å²) < 4.78 is 30.8. The maximum absolute atomic E-state index is 12.2. The first-order valence-electron chi connectivity index (χ1n) is 7.19. The van der Waals surface area contributed by atoms with Crippen LogP contribution in [0.5, 0.6) is 0 Å². The van der Waals surface area contributed by atoms with Gasteiger partial charge >= 0.3 is 5.97 Å². The molecule has 0 saturated heterocycles. The standard InChI is InChI=1S/C15H15ClN4O5S/c1-9-5-10(26(23,24)19-7-14(21)25-2)3-4-11(9)20-15(22)12-6-13(16)18-8-17-12/h3-6,8,19H,7H2,1-2H3,(H,20,22). The van der Waals surface area contributed by atoms with Gasteiger partial charge in [0.05, 0.1) is 12.0 Å². The van der Waals surface area contributed by atoms with E-state index in [1.165, 1.54) is 24.3 Å². The molecule has 0 bridgehead atoms. The number of carbonyl (C=O) groups excluding carboxylic acids is 2. The lowest BCUT2D eigenvalue weighted by atomic mass is 10.2. The highest BCUT2D eigenvalue weighted by Gasteiger charge is 2.17. The first-order chi connectivity index (χ1) is 12.2. The van der Waals surface area contributed by atoms with Crippen LogP contribution in [-0.4, -0.2) is 43.9 Å². The van der Waals surface area contributed by atoms with Crippen molar-refractivity contribution in [3.63, 3.8) is 0 Å². The molecule has 1 aromatic heterocycles. The predicted octanol–water partition coefficient (Wildman–Crippen LogP) is 1.14. The Morgan fingerprint density at radius 3 is 2.58 bits per heavy atom. The van der Waals surface area contributed by atoms with E-state index in [0.717, 1.165) is 13.4 Å². The van der Waals surface area contributed by atoms with Crippen LogP contribution in [0.15, 0.2) is 35.5 Å². The molecule has 0 radical (unpaired) electrons. The molecular formula is C15H15ClN4O5S. The Labute approximate surface area is 154 Å². The summed E-state index contributed by atoms with van der Waals surface area (Å²) in [4.78, 5) is 30.7. The number of amides is 1. The van der Waals surface area contributed by atoms with E-state index >= 15 is 0 Å². The van der Waals surface area contributed by atoms with Crippen LogP contribution >= 0.6 is 11.6 Å². The van der Waals surface area contributed by atoms with Crippen LogP contribution in [-0.2, 0) is 19.6 Å². The van der Waals surface area contributed by atoms with Crippen LogP contribution in [0, 0.1) is 6.92 Å². The van der Waals surface area contributed by atoms with Gasteiger partial charge < -0.3 is 10.1 Å². The largest absolute Gasteiger partial charge is 0.468 e. The molecule has 138 valence electrons. The molecule has 0 saturated carbocycles. The highest BCUT2D eigenvalue weighted by Crippen LogP contribution is 2.20. The van der Waals surface area contributed by atoms with Gasteiger partial charge in [-0.1, -0.05) is 11.6 Å². The molecule has 9 nitrogen and oxygen atoms in total. The van der Waals surface area contributed by atoms with Gasteiger partial charge in [-0.25, -0.2) is 18.4 Å². The quantitative estimate of drug-likeness (QED) is 0.551. The van der Waals surface area contributed by atoms with Crippen LogP contribution < -0.4 is 10.0 Å². The third kappa shape index (κ3) is 4.97. The van der Waals surface area contributed by atoms with Gasteiger partial charge in [-0.05, 0) is 30.7 Å². The van der Waals surface area contributed by atoms with Crippen LogP contribution in [0.3, 0.4) is 0 Å². The number of halogens is 1. The van der Waals surface area contributed by atoms with Crippen molar-refractivity contribution in [3.05, 3.63) is 47.0 Å². The van der Waals surface area contributed by atoms with Crippen LogP contribution in [0.1, 0.15) is 16.1 Å². The van der Waals surface area contributed by atoms with Gasteiger partial charge in [0.1, 0.15) is 23.7 Å².